The maximum absolute atomic E-state index is 12.8. The molecule has 16 heavy (non-hydrogen) atoms. The van der Waals surface area contributed by atoms with Crippen LogP contribution in [-0.4, -0.2) is 6.54 Å². The zero-order valence-corrected chi connectivity index (χ0v) is 8.74. The highest BCUT2D eigenvalue weighted by Crippen LogP contribution is 2.29. The predicted octanol–water partition coefficient (Wildman–Crippen LogP) is 2.65. The number of benzene rings is 1. The van der Waals surface area contributed by atoms with Crippen molar-refractivity contribution >= 4 is 0 Å². The van der Waals surface area contributed by atoms with Gasteiger partial charge in [0.25, 0.3) is 0 Å². The molecule has 0 bridgehead atoms. The molecule has 2 aromatic rings. The molecule has 1 aromatic carbocycles. The summed E-state index contributed by atoms with van der Waals surface area (Å²) in [6.45, 7) is 0.925. The van der Waals surface area contributed by atoms with E-state index in [1.807, 2.05) is 6.07 Å². The molecule has 0 radical (unpaired) electrons. The molecule has 1 atom stereocenters. The maximum Gasteiger partial charge on any atom is 0.128 e. The van der Waals surface area contributed by atoms with Gasteiger partial charge in [0.15, 0.2) is 0 Å². The largest absolute Gasteiger partial charge is 0.467 e. The van der Waals surface area contributed by atoms with E-state index in [9.17, 15) is 4.39 Å². The fourth-order valence-corrected chi connectivity index (χ4v) is 2.18. The quantitative estimate of drug-likeness (QED) is 0.794. The van der Waals surface area contributed by atoms with Crippen molar-refractivity contribution in [3.8, 4) is 0 Å². The molecule has 0 amide bonds. The number of halogens is 1. The highest BCUT2D eigenvalue weighted by Gasteiger charge is 2.23. The molecule has 1 aliphatic rings. The van der Waals surface area contributed by atoms with E-state index in [1.54, 1.807) is 18.4 Å². The molecule has 0 saturated carbocycles. The van der Waals surface area contributed by atoms with Gasteiger partial charge in [-0.25, -0.2) is 4.39 Å². The lowest BCUT2D eigenvalue weighted by Gasteiger charge is -2.23. The molecule has 2 nitrogen and oxygen atoms in total. The van der Waals surface area contributed by atoms with Crippen LogP contribution in [0.3, 0.4) is 0 Å². The third kappa shape index (κ3) is 1.53. The van der Waals surface area contributed by atoms with Crippen LogP contribution in [-0.2, 0) is 6.42 Å². The van der Waals surface area contributed by atoms with Crippen LogP contribution in [0.2, 0.25) is 0 Å². The van der Waals surface area contributed by atoms with Crippen molar-refractivity contribution in [1.82, 2.24) is 5.32 Å². The van der Waals surface area contributed by atoms with Gasteiger partial charge < -0.3 is 9.73 Å². The zero-order valence-electron chi connectivity index (χ0n) is 8.74. The summed E-state index contributed by atoms with van der Waals surface area (Å²) in [7, 11) is 0. The molecule has 0 fully saturated rings. The second kappa shape index (κ2) is 3.76. The van der Waals surface area contributed by atoms with Gasteiger partial charge in [-0.1, -0.05) is 12.1 Å². The Labute approximate surface area is 93.1 Å². The topological polar surface area (TPSA) is 25.2 Å². The molecule has 0 saturated heterocycles. The van der Waals surface area contributed by atoms with Crippen LogP contribution >= 0.6 is 0 Å². The molecular weight excluding hydrogens is 205 g/mol. The van der Waals surface area contributed by atoms with Crippen molar-refractivity contribution in [3.05, 3.63) is 59.3 Å². The Morgan fingerprint density at radius 1 is 1.19 bits per heavy atom. The summed E-state index contributed by atoms with van der Waals surface area (Å²) in [4.78, 5) is 0. The molecule has 1 N–H and O–H groups in total. The number of hydrogen-bond donors (Lipinski definition) is 1. The maximum atomic E-state index is 12.8. The Bertz CT molecular complexity index is 489. The van der Waals surface area contributed by atoms with Crippen molar-refractivity contribution in [2.75, 3.05) is 6.54 Å². The van der Waals surface area contributed by atoms with E-state index in [4.69, 9.17) is 4.42 Å². The molecule has 0 aliphatic carbocycles. The van der Waals surface area contributed by atoms with Crippen LogP contribution in [0.15, 0.2) is 41.0 Å². The Kier molecular flexibility index (Phi) is 2.26. The van der Waals surface area contributed by atoms with Crippen LogP contribution in [0.4, 0.5) is 4.39 Å². The van der Waals surface area contributed by atoms with E-state index in [0.29, 0.717) is 0 Å². The monoisotopic (exact) mass is 217 g/mol. The minimum absolute atomic E-state index is 0.0550. The number of hydrogen-bond acceptors (Lipinski definition) is 2. The molecule has 0 spiro atoms. The van der Waals surface area contributed by atoms with Gasteiger partial charge in [0.2, 0.25) is 0 Å². The van der Waals surface area contributed by atoms with Gasteiger partial charge in [-0.15, -0.1) is 0 Å². The Balaban J connectivity index is 2.00. The fraction of sp³-hybridized carbons (Fsp3) is 0.231. The molecular formula is C13H12FNO. The SMILES string of the molecule is Fc1ccc(C2NCCc3ccoc32)cc1. The first-order valence-electron chi connectivity index (χ1n) is 5.40. The van der Waals surface area contributed by atoms with Crippen LogP contribution in [0.1, 0.15) is 22.9 Å². The summed E-state index contributed by atoms with van der Waals surface area (Å²) in [5.74, 6) is 0.747. The summed E-state index contributed by atoms with van der Waals surface area (Å²) in [6, 6.07) is 8.61. The fourth-order valence-electron chi connectivity index (χ4n) is 2.18. The average Bonchev–Trinajstić information content (AvgIpc) is 2.78. The average molecular weight is 217 g/mol. The summed E-state index contributed by atoms with van der Waals surface area (Å²) in [5.41, 5.74) is 2.28. The molecule has 82 valence electrons. The van der Waals surface area contributed by atoms with Gasteiger partial charge in [0.1, 0.15) is 11.6 Å². The van der Waals surface area contributed by atoms with Gasteiger partial charge in [-0.05, 0) is 35.7 Å². The van der Waals surface area contributed by atoms with Crippen molar-refractivity contribution in [2.45, 2.75) is 12.5 Å². The Morgan fingerprint density at radius 3 is 2.81 bits per heavy atom. The normalized spacial score (nSPS) is 19.4. The van der Waals surface area contributed by atoms with Crippen molar-refractivity contribution in [2.24, 2.45) is 0 Å². The van der Waals surface area contributed by atoms with Crippen LogP contribution in [0.25, 0.3) is 0 Å². The summed E-state index contributed by atoms with van der Waals surface area (Å²) >= 11 is 0. The Morgan fingerprint density at radius 2 is 2.00 bits per heavy atom. The van der Waals surface area contributed by atoms with E-state index in [0.717, 1.165) is 24.3 Å². The number of fused-ring (bicyclic) bond motifs is 1. The van der Waals surface area contributed by atoms with Crippen molar-refractivity contribution in [1.29, 1.82) is 0 Å². The summed E-state index contributed by atoms with van der Waals surface area (Å²) in [6.07, 6.45) is 2.71. The molecule has 3 rings (SSSR count). The third-order valence-electron chi connectivity index (χ3n) is 2.99. The van der Waals surface area contributed by atoms with Crippen LogP contribution in [0, 0.1) is 5.82 Å². The number of rotatable bonds is 1. The molecule has 1 aromatic heterocycles. The van der Waals surface area contributed by atoms with E-state index in [2.05, 4.69) is 5.32 Å². The van der Waals surface area contributed by atoms with E-state index in [-0.39, 0.29) is 11.9 Å². The summed E-state index contributed by atoms with van der Waals surface area (Å²) in [5, 5.41) is 3.38. The van der Waals surface area contributed by atoms with Crippen molar-refractivity contribution < 1.29 is 8.81 Å². The highest BCUT2D eigenvalue weighted by atomic mass is 19.1. The first-order chi connectivity index (χ1) is 7.84. The molecule has 1 aliphatic heterocycles. The van der Waals surface area contributed by atoms with Gasteiger partial charge in [0, 0.05) is 6.54 Å². The second-order valence-electron chi connectivity index (χ2n) is 4.00. The van der Waals surface area contributed by atoms with E-state index < -0.39 is 0 Å². The lowest BCUT2D eigenvalue weighted by molar-refractivity contribution is 0.425. The van der Waals surface area contributed by atoms with Gasteiger partial charge in [0.05, 0.1) is 12.3 Å². The highest BCUT2D eigenvalue weighted by molar-refractivity contribution is 5.33. The minimum Gasteiger partial charge on any atom is -0.467 e. The van der Waals surface area contributed by atoms with Crippen LogP contribution in [0.5, 0.6) is 0 Å². The molecule has 3 heteroatoms. The molecule has 1 unspecified atom stereocenters. The number of furan rings is 1. The first kappa shape index (κ1) is 9.60. The van der Waals surface area contributed by atoms with Gasteiger partial charge in [-0.3, -0.25) is 0 Å². The number of nitrogens with one attached hydrogen (secondary N) is 1. The lowest BCUT2D eigenvalue weighted by atomic mass is 9.97. The van der Waals surface area contributed by atoms with Gasteiger partial charge >= 0.3 is 0 Å². The van der Waals surface area contributed by atoms with E-state index >= 15 is 0 Å². The standard InChI is InChI=1S/C13H12FNO/c14-11-3-1-9(2-4-11)12-13-10(5-7-15-12)6-8-16-13/h1-4,6,8,12,15H,5,7H2. The predicted molar refractivity (Wildman–Crippen MR) is 58.7 cm³/mol. The Hall–Kier alpha value is -1.61. The van der Waals surface area contributed by atoms with Gasteiger partial charge in [-0.2, -0.15) is 0 Å². The smallest absolute Gasteiger partial charge is 0.128 e. The summed E-state index contributed by atoms with van der Waals surface area (Å²) < 4.78 is 18.3. The molecule has 2 heterocycles. The minimum atomic E-state index is -0.209. The van der Waals surface area contributed by atoms with Crippen LogP contribution < -0.4 is 5.32 Å². The van der Waals surface area contributed by atoms with Crippen molar-refractivity contribution in [3.63, 3.8) is 0 Å². The third-order valence-corrected chi connectivity index (χ3v) is 2.99. The zero-order chi connectivity index (χ0) is 11.0. The first-order valence-corrected chi connectivity index (χ1v) is 5.40. The second-order valence-corrected chi connectivity index (χ2v) is 4.00. The lowest BCUT2D eigenvalue weighted by Crippen LogP contribution is -2.29. The van der Waals surface area contributed by atoms with E-state index in [1.165, 1.54) is 17.7 Å².